The van der Waals surface area contributed by atoms with Gasteiger partial charge in [0.2, 0.25) is 0 Å². The lowest BCUT2D eigenvalue weighted by Crippen LogP contribution is -2.54. The zero-order valence-corrected chi connectivity index (χ0v) is 14.5. The van der Waals surface area contributed by atoms with Crippen LogP contribution in [0.2, 0.25) is 0 Å². The molecule has 0 aromatic carbocycles. The molecule has 1 aliphatic heterocycles. The topological polar surface area (TPSA) is 58.8 Å². The maximum absolute atomic E-state index is 11.8. The molecule has 23 heavy (non-hydrogen) atoms. The van der Waals surface area contributed by atoms with Crippen LogP contribution in [-0.4, -0.2) is 53.3 Å². The molecule has 1 saturated heterocycles. The second kappa shape index (κ2) is 7.64. The molecule has 0 saturated carbocycles. The van der Waals surface area contributed by atoms with E-state index in [1.165, 1.54) is 0 Å². The van der Waals surface area contributed by atoms with Crippen molar-refractivity contribution in [2.45, 2.75) is 46.2 Å². The molecular weight excluding hydrogens is 294 g/mol. The van der Waals surface area contributed by atoms with E-state index in [0.29, 0.717) is 19.7 Å². The minimum Gasteiger partial charge on any atom is -0.450 e. The number of rotatable bonds is 5. The fourth-order valence-corrected chi connectivity index (χ4v) is 2.92. The first-order valence-corrected chi connectivity index (χ1v) is 8.30. The van der Waals surface area contributed by atoms with Gasteiger partial charge in [-0.15, -0.1) is 0 Å². The number of carbonyl (C=O) groups is 1. The summed E-state index contributed by atoms with van der Waals surface area (Å²) in [6.07, 6.45) is 0.618. The lowest BCUT2D eigenvalue weighted by molar-refractivity contribution is 0.0390. The van der Waals surface area contributed by atoms with Crippen molar-refractivity contribution >= 4 is 11.7 Å². The largest absolute Gasteiger partial charge is 0.450 e. The van der Waals surface area contributed by atoms with E-state index < -0.39 is 0 Å². The molecule has 2 heterocycles. The Morgan fingerprint density at radius 1 is 1.52 bits per heavy atom. The Kier molecular flexibility index (Phi) is 5.82. The summed E-state index contributed by atoms with van der Waals surface area (Å²) in [7, 11) is 0. The zero-order chi connectivity index (χ0) is 17.0. The Morgan fingerprint density at radius 3 is 2.87 bits per heavy atom. The third kappa shape index (κ3) is 3.93. The second-order valence-corrected chi connectivity index (χ2v) is 5.98. The van der Waals surface area contributed by atoms with E-state index in [1.807, 2.05) is 19.9 Å². The third-order valence-corrected chi connectivity index (χ3v) is 4.43. The van der Waals surface area contributed by atoms with Crippen LogP contribution in [0.5, 0.6) is 0 Å². The maximum atomic E-state index is 11.8. The SMILES string of the molecule is C=C(CC)c1cc(C(C)N2CCN(C(=O)OCC)CC2C)no1. The summed E-state index contributed by atoms with van der Waals surface area (Å²) >= 11 is 0. The van der Waals surface area contributed by atoms with Gasteiger partial charge in [0.05, 0.1) is 12.6 Å². The number of amides is 1. The summed E-state index contributed by atoms with van der Waals surface area (Å²) in [4.78, 5) is 16.0. The van der Waals surface area contributed by atoms with Crippen LogP contribution in [0.1, 0.15) is 51.6 Å². The average Bonchev–Trinajstić information content (AvgIpc) is 3.03. The van der Waals surface area contributed by atoms with E-state index in [1.54, 1.807) is 4.90 Å². The number of ether oxygens (including phenoxy) is 1. The van der Waals surface area contributed by atoms with Crippen LogP contribution in [-0.2, 0) is 4.74 Å². The van der Waals surface area contributed by atoms with E-state index in [4.69, 9.17) is 9.26 Å². The normalized spacial score (nSPS) is 20.3. The van der Waals surface area contributed by atoms with Crippen molar-refractivity contribution in [3.05, 3.63) is 24.1 Å². The van der Waals surface area contributed by atoms with E-state index in [2.05, 4.69) is 30.5 Å². The van der Waals surface area contributed by atoms with E-state index in [-0.39, 0.29) is 18.2 Å². The molecule has 1 fully saturated rings. The van der Waals surface area contributed by atoms with E-state index >= 15 is 0 Å². The monoisotopic (exact) mass is 321 g/mol. The molecule has 1 aromatic rings. The first-order valence-electron chi connectivity index (χ1n) is 8.30. The van der Waals surface area contributed by atoms with Gasteiger partial charge in [0.1, 0.15) is 5.69 Å². The molecule has 1 aromatic heterocycles. The fraction of sp³-hybridized carbons (Fsp3) is 0.647. The van der Waals surface area contributed by atoms with Crippen molar-refractivity contribution in [3.8, 4) is 0 Å². The van der Waals surface area contributed by atoms with Gasteiger partial charge in [-0.3, -0.25) is 4.90 Å². The number of hydrogen-bond acceptors (Lipinski definition) is 5. The molecule has 128 valence electrons. The first-order chi connectivity index (χ1) is 11.0. The van der Waals surface area contributed by atoms with Gasteiger partial charge in [-0.25, -0.2) is 4.79 Å². The van der Waals surface area contributed by atoms with Crippen molar-refractivity contribution in [1.82, 2.24) is 15.0 Å². The summed E-state index contributed by atoms with van der Waals surface area (Å²) < 4.78 is 10.5. The molecule has 2 unspecified atom stereocenters. The number of allylic oxidation sites excluding steroid dienone is 1. The quantitative estimate of drug-likeness (QED) is 0.832. The van der Waals surface area contributed by atoms with Crippen LogP contribution in [0.3, 0.4) is 0 Å². The van der Waals surface area contributed by atoms with Crippen LogP contribution in [0, 0.1) is 0 Å². The standard InChI is InChI=1S/C17H27N3O3/c1-6-12(3)16-10-15(18-23-16)14(5)20-9-8-19(11-13(20)4)17(21)22-7-2/h10,13-14H,3,6-9,11H2,1-2,4-5H3. The Labute approximate surface area is 138 Å². The highest BCUT2D eigenvalue weighted by Crippen LogP contribution is 2.27. The van der Waals surface area contributed by atoms with Crippen LogP contribution in [0.4, 0.5) is 4.79 Å². The fourth-order valence-electron chi connectivity index (χ4n) is 2.92. The Balaban J connectivity index is 2.01. The number of nitrogens with zero attached hydrogens (tertiary/aromatic N) is 3. The predicted octanol–water partition coefficient (Wildman–Crippen LogP) is 3.32. The highest BCUT2D eigenvalue weighted by atomic mass is 16.6. The highest BCUT2D eigenvalue weighted by Gasteiger charge is 2.31. The summed E-state index contributed by atoms with van der Waals surface area (Å²) in [5, 5.41) is 4.20. The molecule has 1 amide bonds. The third-order valence-electron chi connectivity index (χ3n) is 4.43. The minimum absolute atomic E-state index is 0.136. The van der Waals surface area contributed by atoms with Gasteiger partial charge in [0, 0.05) is 31.7 Å². The minimum atomic E-state index is -0.227. The summed E-state index contributed by atoms with van der Waals surface area (Å²) in [6, 6.07) is 2.34. The Bertz CT molecular complexity index is 555. The van der Waals surface area contributed by atoms with Crippen LogP contribution in [0.15, 0.2) is 17.2 Å². The van der Waals surface area contributed by atoms with Gasteiger partial charge < -0.3 is 14.2 Å². The van der Waals surface area contributed by atoms with Crippen LogP contribution >= 0.6 is 0 Å². The smallest absolute Gasteiger partial charge is 0.409 e. The van der Waals surface area contributed by atoms with E-state index in [0.717, 1.165) is 30.0 Å². The van der Waals surface area contributed by atoms with Gasteiger partial charge in [-0.05, 0) is 32.8 Å². The Hall–Kier alpha value is -1.82. The number of piperazine rings is 1. The molecule has 2 rings (SSSR count). The van der Waals surface area contributed by atoms with Crippen molar-refractivity contribution < 1.29 is 14.1 Å². The summed E-state index contributed by atoms with van der Waals surface area (Å²) in [5.74, 6) is 0.757. The van der Waals surface area contributed by atoms with Gasteiger partial charge in [-0.2, -0.15) is 0 Å². The van der Waals surface area contributed by atoms with Crippen molar-refractivity contribution in [1.29, 1.82) is 0 Å². The molecule has 0 spiro atoms. The van der Waals surface area contributed by atoms with Crippen LogP contribution in [0.25, 0.3) is 5.57 Å². The highest BCUT2D eigenvalue weighted by molar-refractivity contribution is 5.67. The van der Waals surface area contributed by atoms with Crippen molar-refractivity contribution in [2.75, 3.05) is 26.2 Å². The number of aromatic nitrogens is 1. The van der Waals surface area contributed by atoms with Gasteiger partial charge in [0.15, 0.2) is 5.76 Å². The second-order valence-electron chi connectivity index (χ2n) is 5.98. The van der Waals surface area contributed by atoms with Crippen molar-refractivity contribution in [2.24, 2.45) is 0 Å². The van der Waals surface area contributed by atoms with Crippen molar-refractivity contribution in [3.63, 3.8) is 0 Å². The summed E-state index contributed by atoms with van der Waals surface area (Å²) in [5.41, 5.74) is 1.86. The zero-order valence-electron chi connectivity index (χ0n) is 14.5. The number of hydrogen-bond donors (Lipinski definition) is 0. The average molecular weight is 321 g/mol. The molecule has 0 N–H and O–H groups in total. The lowest BCUT2D eigenvalue weighted by atomic mass is 10.1. The molecule has 6 nitrogen and oxygen atoms in total. The molecule has 1 aliphatic rings. The molecule has 2 atom stereocenters. The number of carbonyl (C=O) groups excluding carboxylic acids is 1. The Morgan fingerprint density at radius 2 is 2.26 bits per heavy atom. The van der Waals surface area contributed by atoms with Gasteiger partial charge in [0.25, 0.3) is 0 Å². The van der Waals surface area contributed by atoms with E-state index in [9.17, 15) is 4.79 Å². The van der Waals surface area contributed by atoms with Crippen LogP contribution < -0.4 is 0 Å². The molecule has 0 radical (unpaired) electrons. The first kappa shape index (κ1) is 17.5. The molecule has 0 bridgehead atoms. The summed E-state index contributed by atoms with van der Waals surface area (Å²) in [6.45, 7) is 14.6. The molecular formula is C17H27N3O3. The molecule has 6 heteroatoms. The maximum Gasteiger partial charge on any atom is 0.409 e. The predicted molar refractivity (Wildman–Crippen MR) is 89.0 cm³/mol. The lowest BCUT2D eigenvalue weighted by Gasteiger charge is -2.41. The van der Waals surface area contributed by atoms with Gasteiger partial charge in [-0.1, -0.05) is 18.7 Å². The molecule has 0 aliphatic carbocycles. The van der Waals surface area contributed by atoms with Gasteiger partial charge >= 0.3 is 6.09 Å².